The molecular formula is C23H19ClI2N2O3S. The molecule has 0 aliphatic rings. The number of ether oxygens (including phenoxy) is 2. The number of rotatable bonds is 9. The van der Waals surface area contributed by atoms with Crippen LogP contribution in [0.25, 0.3) is 0 Å². The third kappa shape index (κ3) is 7.82. The summed E-state index contributed by atoms with van der Waals surface area (Å²) in [5.74, 6) is 1.34. The number of halogens is 3. The van der Waals surface area contributed by atoms with Crippen LogP contribution in [0.1, 0.15) is 11.1 Å². The quantitative estimate of drug-likeness (QED) is 0.123. The molecule has 0 unspecified atom stereocenters. The maximum Gasteiger partial charge on any atom is 0.250 e. The van der Waals surface area contributed by atoms with Gasteiger partial charge in [0.2, 0.25) is 5.91 Å². The number of methoxy groups -OCH3 is 1. The Morgan fingerprint density at radius 1 is 1.12 bits per heavy atom. The van der Waals surface area contributed by atoms with E-state index in [2.05, 4.69) is 55.7 Å². The number of amides is 1. The zero-order valence-corrected chi connectivity index (χ0v) is 22.9. The van der Waals surface area contributed by atoms with E-state index in [1.807, 2.05) is 48.5 Å². The van der Waals surface area contributed by atoms with Gasteiger partial charge in [-0.1, -0.05) is 23.7 Å². The van der Waals surface area contributed by atoms with Crippen LogP contribution in [0.3, 0.4) is 0 Å². The Balaban J connectivity index is 1.57. The molecule has 0 aliphatic carbocycles. The summed E-state index contributed by atoms with van der Waals surface area (Å²) in [4.78, 5) is 13.0. The number of carbonyl (C=O) groups is 1. The molecule has 1 N–H and O–H groups in total. The van der Waals surface area contributed by atoms with Crippen LogP contribution in [0.5, 0.6) is 11.5 Å². The van der Waals surface area contributed by atoms with E-state index in [9.17, 15) is 4.79 Å². The largest absolute Gasteiger partial charge is 0.493 e. The van der Waals surface area contributed by atoms with E-state index in [4.69, 9.17) is 21.1 Å². The lowest BCUT2D eigenvalue weighted by molar-refractivity contribution is -0.118. The standard InChI is InChI=1S/C23H19ClI2N2O3S/c1-30-21-11-16(10-20(26)23(21)31-13-15-2-6-18(25)7-3-15)12-27-28-22(29)14-32-19-8-4-17(24)5-9-19/h2-12H,13-14H2,1H3,(H,28,29)/b27-12-. The van der Waals surface area contributed by atoms with Crippen LogP contribution in [-0.2, 0) is 11.4 Å². The highest BCUT2D eigenvalue weighted by Crippen LogP contribution is 2.34. The van der Waals surface area contributed by atoms with Crippen molar-refractivity contribution in [2.24, 2.45) is 5.10 Å². The van der Waals surface area contributed by atoms with Crippen LogP contribution in [-0.4, -0.2) is 25.0 Å². The van der Waals surface area contributed by atoms with Crippen LogP contribution in [0, 0.1) is 7.14 Å². The molecule has 3 aromatic rings. The Morgan fingerprint density at radius 2 is 1.84 bits per heavy atom. The smallest absolute Gasteiger partial charge is 0.250 e. The molecule has 0 fully saturated rings. The maximum atomic E-state index is 12.0. The van der Waals surface area contributed by atoms with Gasteiger partial charge in [-0.25, -0.2) is 5.43 Å². The highest BCUT2D eigenvalue weighted by atomic mass is 127. The second kappa shape index (κ2) is 12.7. The van der Waals surface area contributed by atoms with E-state index in [1.54, 1.807) is 25.5 Å². The molecule has 32 heavy (non-hydrogen) atoms. The van der Waals surface area contributed by atoms with Crippen LogP contribution in [0.15, 0.2) is 70.7 Å². The highest BCUT2D eigenvalue weighted by molar-refractivity contribution is 14.1. The molecule has 0 aromatic heterocycles. The van der Waals surface area contributed by atoms with Crippen LogP contribution >= 0.6 is 68.5 Å². The summed E-state index contributed by atoms with van der Waals surface area (Å²) in [6.07, 6.45) is 1.58. The Kier molecular flexibility index (Phi) is 9.94. The van der Waals surface area contributed by atoms with Gasteiger partial charge in [0.25, 0.3) is 0 Å². The zero-order chi connectivity index (χ0) is 22.9. The Labute approximate surface area is 223 Å². The minimum absolute atomic E-state index is 0.194. The van der Waals surface area contributed by atoms with Crippen LogP contribution in [0.4, 0.5) is 0 Å². The molecule has 5 nitrogen and oxygen atoms in total. The number of nitrogens with one attached hydrogen (secondary N) is 1. The molecule has 0 bridgehead atoms. The first kappa shape index (κ1) is 25.1. The average molecular weight is 693 g/mol. The molecule has 3 rings (SSSR count). The molecule has 0 aliphatic heterocycles. The first-order valence-electron chi connectivity index (χ1n) is 9.39. The Morgan fingerprint density at radius 3 is 2.53 bits per heavy atom. The summed E-state index contributed by atoms with van der Waals surface area (Å²) in [6, 6.07) is 19.2. The van der Waals surface area contributed by atoms with Crippen molar-refractivity contribution in [2.45, 2.75) is 11.5 Å². The molecule has 3 aromatic carbocycles. The van der Waals surface area contributed by atoms with Crippen molar-refractivity contribution in [3.05, 3.63) is 84.0 Å². The number of nitrogens with zero attached hydrogens (tertiary/aromatic N) is 1. The monoisotopic (exact) mass is 692 g/mol. The van der Waals surface area contributed by atoms with E-state index < -0.39 is 0 Å². The molecule has 0 spiro atoms. The first-order valence-corrected chi connectivity index (χ1v) is 12.9. The SMILES string of the molecule is COc1cc(/C=N\NC(=O)CSc2ccc(Cl)cc2)cc(I)c1OCc1ccc(I)cc1. The van der Waals surface area contributed by atoms with Gasteiger partial charge in [0.05, 0.1) is 22.6 Å². The fraction of sp³-hybridized carbons (Fsp3) is 0.130. The van der Waals surface area contributed by atoms with Gasteiger partial charge in [-0.15, -0.1) is 11.8 Å². The molecule has 1 amide bonds. The van der Waals surface area contributed by atoms with Gasteiger partial charge in [-0.2, -0.15) is 5.10 Å². The van der Waals surface area contributed by atoms with Gasteiger partial charge in [0, 0.05) is 13.5 Å². The summed E-state index contributed by atoms with van der Waals surface area (Å²) in [7, 11) is 1.60. The molecule has 0 saturated heterocycles. The van der Waals surface area contributed by atoms with Crippen molar-refractivity contribution < 1.29 is 14.3 Å². The number of hydrazone groups is 1. The number of benzene rings is 3. The van der Waals surface area contributed by atoms with E-state index in [0.717, 1.165) is 19.6 Å². The molecule has 0 radical (unpaired) electrons. The fourth-order valence-corrected chi connectivity index (χ4v) is 4.54. The second-order valence-corrected chi connectivity index (χ2v) is 10.4. The third-order valence-corrected chi connectivity index (χ3v) is 6.92. The van der Waals surface area contributed by atoms with Crippen molar-refractivity contribution in [1.82, 2.24) is 5.43 Å². The van der Waals surface area contributed by atoms with Gasteiger partial charge in [0.1, 0.15) is 6.61 Å². The lowest BCUT2D eigenvalue weighted by Gasteiger charge is -2.13. The van der Waals surface area contributed by atoms with Gasteiger partial charge < -0.3 is 9.47 Å². The topological polar surface area (TPSA) is 59.9 Å². The van der Waals surface area contributed by atoms with E-state index in [1.165, 1.54) is 15.3 Å². The Hall–Kier alpha value is -1.50. The van der Waals surface area contributed by atoms with Crippen LogP contribution < -0.4 is 14.9 Å². The zero-order valence-electron chi connectivity index (χ0n) is 17.0. The van der Waals surface area contributed by atoms with Gasteiger partial charge in [0.15, 0.2) is 11.5 Å². The first-order chi connectivity index (χ1) is 15.4. The number of carbonyl (C=O) groups excluding carboxylic acids is 1. The highest BCUT2D eigenvalue weighted by Gasteiger charge is 2.12. The van der Waals surface area contributed by atoms with Crippen molar-refractivity contribution in [3.8, 4) is 11.5 Å². The van der Waals surface area contributed by atoms with Gasteiger partial charge in [-0.05, 0) is 105 Å². The lowest BCUT2D eigenvalue weighted by Crippen LogP contribution is -2.19. The van der Waals surface area contributed by atoms with Crippen molar-refractivity contribution in [1.29, 1.82) is 0 Å². The Bertz CT molecular complexity index is 1090. The second-order valence-electron chi connectivity index (χ2n) is 6.49. The average Bonchev–Trinajstić information content (AvgIpc) is 2.79. The van der Waals surface area contributed by atoms with E-state index >= 15 is 0 Å². The third-order valence-electron chi connectivity index (χ3n) is 4.13. The summed E-state index contributed by atoms with van der Waals surface area (Å²) in [5, 5.41) is 4.72. The molecule has 0 atom stereocenters. The summed E-state index contributed by atoms with van der Waals surface area (Å²) < 4.78 is 13.6. The summed E-state index contributed by atoms with van der Waals surface area (Å²) in [5.41, 5.74) is 4.41. The van der Waals surface area contributed by atoms with Gasteiger partial charge >= 0.3 is 0 Å². The number of hydrogen-bond acceptors (Lipinski definition) is 5. The predicted molar refractivity (Wildman–Crippen MR) is 147 cm³/mol. The molecule has 0 heterocycles. The molecule has 9 heteroatoms. The van der Waals surface area contributed by atoms with Crippen molar-refractivity contribution in [2.75, 3.05) is 12.9 Å². The van der Waals surface area contributed by atoms with Crippen molar-refractivity contribution >= 4 is 80.7 Å². The maximum absolute atomic E-state index is 12.0. The van der Waals surface area contributed by atoms with Crippen molar-refractivity contribution in [3.63, 3.8) is 0 Å². The minimum atomic E-state index is -0.194. The molecule has 0 saturated carbocycles. The van der Waals surface area contributed by atoms with E-state index in [-0.39, 0.29) is 11.7 Å². The van der Waals surface area contributed by atoms with Crippen LogP contribution in [0.2, 0.25) is 5.02 Å². The summed E-state index contributed by atoms with van der Waals surface area (Å²) >= 11 is 11.8. The van der Waals surface area contributed by atoms with E-state index in [0.29, 0.717) is 23.1 Å². The fourth-order valence-electron chi connectivity index (χ4n) is 2.58. The molecular weight excluding hydrogens is 674 g/mol. The lowest BCUT2D eigenvalue weighted by atomic mass is 10.2. The normalized spacial score (nSPS) is 10.9. The predicted octanol–water partition coefficient (Wildman–Crippen LogP) is 6.38. The minimum Gasteiger partial charge on any atom is -0.493 e. The number of hydrogen-bond donors (Lipinski definition) is 1. The molecule has 166 valence electrons. The van der Waals surface area contributed by atoms with Gasteiger partial charge in [-0.3, -0.25) is 4.79 Å². The number of thioether (sulfide) groups is 1. The summed E-state index contributed by atoms with van der Waals surface area (Å²) in [6.45, 7) is 0.443.